The van der Waals surface area contributed by atoms with Crippen molar-refractivity contribution in [3.05, 3.63) is 76.6 Å². The summed E-state index contributed by atoms with van der Waals surface area (Å²) in [5.41, 5.74) is 1.05. The van der Waals surface area contributed by atoms with Gasteiger partial charge in [-0.05, 0) is 44.5 Å². The van der Waals surface area contributed by atoms with Gasteiger partial charge in [0.2, 0.25) is 5.91 Å². The van der Waals surface area contributed by atoms with E-state index in [-0.39, 0.29) is 22.4 Å². The molecule has 0 radical (unpaired) electrons. The smallest absolute Gasteiger partial charge is 0.416 e. The van der Waals surface area contributed by atoms with Crippen LogP contribution in [0.4, 0.5) is 9.18 Å². The summed E-state index contributed by atoms with van der Waals surface area (Å²) in [5.74, 6) is -0.752. The van der Waals surface area contributed by atoms with E-state index >= 15 is 0 Å². The molecule has 0 unspecified atom stereocenters. The number of sulfone groups is 1. The molecule has 1 aliphatic rings. The maximum atomic E-state index is 13.2. The van der Waals surface area contributed by atoms with Crippen LogP contribution in [0, 0.1) is 5.82 Å². The van der Waals surface area contributed by atoms with Crippen LogP contribution in [0.25, 0.3) is 0 Å². The Hall–Kier alpha value is -3.28. The van der Waals surface area contributed by atoms with E-state index in [1.54, 1.807) is 7.05 Å². The number of aliphatic imine (C=N–C) groups is 1. The minimum Gasteiger partial charge on any atom is -0.443 e. The van der Waals surface area contributed by atoms with Crippen LogP contribution in [0.5, 0.6) is 0 Å². The Morgan fingerprint density at radius 1 is 1.21 bits per heavy atom. The number of carbonyl (C=O) groups excluding carboxylic acids is 2. The molecule has 0 saturated carbocycles. The predicted octanol–water partition coefficient (Wildman–Crippen LogP) is 4.01. The minimum atomic E-state index is -3.77. The molecule has 39 heavy (non-hydrogen) atoms. The molecule has 0 fully saturated rings. The third-order valence-electron chi connectivity index (χ3n) is 5.51. The number of rotatable bonds is 9. The highest BCUT2D eigenvalue weighted by Crippen LogP contribution is 2.23. The molecule has 2 aromatic rings. The van der Waals surface area contributed by atoms with E-state index in [1.807, 2.05) is 45.0 Å². The van der Waals surface area contributed by atoms with Crippen molar-refractivity contribution in [1.29, 1.82) is 0 Å². The average molecular weight is 579 g/mol. The summed E-state index contributed by atoms with van der Waals surface area (Å²) >= 11 is 5.84. The van der Waals surface area contributed by atoms with Crippen LogP contribution in [0.15, 0.2) is 64.5 Å². The van der Waals surface area contributed by atoms with Crippen LogP contribution in [0.1, 0.15) is 31.9 Å². The van der Waals surface area contributed by atoms with Gasteiger partial charge < -0.3 is 9.64 Å². The Balaban J connectivity index is 1.49. The molecule has 1 aliphatic heterocycles. The molecule has 1 N–H and O–H groups in total. The van der Waals surface area contributed by atoms with Crippen molar-refractivity contribution in [2.75, 3.05) is 32.6 Å². The largest absolute Gasteiger partial charge is 0.443 e. The zero-order valence-corrected chi connectivity index (χ0v) is 23.9. The van der Waals surface area contributed by atoms with Crippen LogP contribution in [-0.4, -0.2) is 74.2 Å². The summed E-state index contributed by atoms with van der Waals surface area (Å²) < 4.78 is 43.4. The van der Waals surface area contributed by atoms with Gasteiger partial charge in [0.05, 0.1) is 23.0 Å². The van der Waals surface area contributed by atoms with Gasteiger partial charge in [-0.25, -0.2) is 17.6 Å². The van der Waals surface area contributed by atoms with E-state index in [9.17, 15) is 22.4 Å². The van der Waals surface area contributed by atoms with Gasteiger partial charge in [-0.15, -0.1) is 0 Å². The molecule has 0 spiro atoms. The van der Waals surface area contributed by atoms with Crippen LogP contribution >= 0.6 is 11.6 Å². The lowest BCUT2D eigenvalue weighted by atomic mass is 10.1. The lowest BCUT2D eigenvalue weighted by molar-refractivity contribution is -0.125. The Labute approximate surface area is 233 Å². The highest BCUT2D eigenvalue weighted by molar-refractivity contribution is 7.91. The fourth-order valence-electron chi connectivity index (χ4n) is 3.67. The SMILES string of the molecule is CN(Cc1ccc(C2=NCCN2C(=O)OC(C)(C)C)cc1)C(=O)/C=C/CNCS(=O)(=O)c1ccc(F)cc1Cl. The lowest BCUT2D eigenvalue weighted by Crippen LogP contribution is -2.39. The minimum absolute atomic E-state index is 0.128. The standard InChI is InChI=1S/C27H32ClFN4O5S/c1-27(2,3)38-26(35)33-15-14-31-25(33)20-9-7-19(8-10-20)17-32(4)24(34)6-5-13-30-18-39(36,37)23-12-11-21(29)16-22(23)28/h5-12,16,30H,13-15,17-18H2,1-4H3/b6-5+. The van der Waals surface area contributed by atoms with E-state index in [0.29, 0.717) is 25.5 Å². The fraction of sp³-hybridized carbons (Fsp3) is 0.370. The number of hydrogen-bond donors (Lipinski definition) is 1. The maximum absolute atomic E-state index is 13.2. The second kappa shape index (κ2) is 12.7. The number of nitrogens with zero attached hydrogens (tertiary/aromatic N) is 3. The van der Waals surface area contributed by atoms with Gasteiger partial charge in [-0.3, -0.25) is 20.0 Å². The number of ether oxygens (including phenoxy) is 1. The summed E-state index contributed by atoms with van der Waals surface area (Å²) in [6, 6.07) is 10.5. The van der Waals surface area contributed by atoms with Crippen molar-refractivity contribution in [3.8, 4) is 0 Å². The molecule has 0 saturated heterocycles. The number of amides is 2. The summed E-state index contributed by atoms with van der Waals surface area (Å²) in [4.78, 5) is 32.3. The molecule has 0 aliphatic carbocycles. The van der Waals surface area contributed by atoms with E-state index in [4.69, 9.17) is 16.3 Å². The molecule has 0 aromatic heterocycles. The van der Waals surface area contributed by atoms with E-state index in [0.717, 1.165) is 29.3 Å². The summed E-state index contributed by atoms with van der Waals surface area (Å²) in [6.07, 6.45) is 2.43. The number of carbonyl (C=O) groups is 2. The maximum Gasteiger partial charge on any atom is 0.416 e. The van der Waals surface area contributed by atoms with Crippen molar-refractivity contribution in [3.63, 3.8) is 0 Å². The average Bonchev–Trinajstić information content (AvgIpc) is 3.33. The normalized spacial score (nSPS) is 14.0. The van der Waals surface area contributed by atoms with Gasteiger partial charge in [-0.2, -0.15) is 0 Å². The van der Waals surface area contributed by atoms with Crippen LogP contribution in [0.2, 0.25) is 5.02 Å². The highest BCUT2D eigenvalue weighted by Gasteiger charge is 2.29. The number of halogens is 2. The van der Waals surface area contributed by atoms with Crippen LogP contribution < -0.4 is 5.32 Å². The third kappa shape index (κ3) is 8.61. The molecule has 9 nitrogen and oxygen atoms in total. The molecule has 0 atom stereocenters. The molecule has 210 valence electrons. The first kappa shape index (κ1) is 30.3. The van der Waals surface area contributed by atoms with Crippen molar-refractivity contribution in [2.24, 2.45) is 4.99 Å². The predicted molar refractivity (Wildman–Crippen MR) is 148 cm³/mol. The summed E-state index contributed by atoms with van der Waals surface area (Å²) in [5, 5.41) is 2.53. The Morgan fingerprint density at radius 3 is 2.54 bits per heavy atom. The first-order chi connectivity index (χ1) is 18.3. The summed E-state index contributed by atoms with van der Waals surface area (Å²) in [7, 11) is -2.11. The monoisotopic (exact) mass is 578 g/mol. The second-order valence-corrected chi connectivity index (χ2v) is 12.3. The van der Waals surface area contributed by atoms with E-state index < -0.39 is 33.2 Å². The van der Waals surface area contributed by atoms with Crippen molar-refractivity contribution in [1.82, 2.24) is 15.1 Å². The topological polar surface area (TPSA) is 108 Å². The molecular weight excluding hydrogens is 547 g/mol. The molecule has 1 heterocycles. The zero-order chi connectivity index (χ0) is 28.8. The lowest BCUT2D eigenvalue weighted by Gasteiger charge is -2.25. The molecule has 2 aromatic carbocycles. The quantitative estimate of drug-likeness (QED) is 0.274. The van der Waals surface area contributed by atoms with Gasteiger partial charge in [0.25, 0.3) is 0 Å². The number of hydrogen-bond acceptors (Lipinski definition) is 7. The van der Waals surface area contributed by atoms with E-state index in [1.165, 1.54) is 22.0 Å². The van der Waals surface area contributed by atoms with Crippen molar-refractivity contribution >= 4 is 39.3 Å². The number of benzene rings is 2. The molecular formula is C27H32ClFN4O5S. The number of amidine groups is 1. The van der Waals surface area contributed by atoms with Gasteiger partial charge in [0.15, 0.2) is 9.84 Å². The third-order valence-corrected chi connectivity index (χ3v) is 7.54. The van der Waals surface area contributed by atoms with Gasteiger partial charge >= 0.3 is 6.09 Å². The first-order valence-electron chi connectivity index (χ1n) is 12.2. The van der Waals surface area contributed by atoms with Gasteiger partial charge in [-0.1, -0.05) is 41.9 Å². The Morgan fingerprint density at radius 2 is 1.90 bits per heavy atom. The van der Waals surface area contributed by atoms with Crippen molar-refractivity contribution in [2.45, 2.75) is 37.8 Å². The van der Waals surface area contributed by atoms with Crippen LogP contribution in [-0.2, 0) is 25.9 Å². The zero-order valence-electron chi connectivity index (χ0n) is 22.3. The second-order valence-electron chi connectivity index (χ2n) is 9.92. The number of nitrogens with one attached hydrogen (secondary N) is 1. The highest BCUT2D eigenvalue weighted by atomic mass is 35.5. The number of likely N-dealkylation sites (N-methyl/N-ethyl adjacent to an activating group) is 1. The van der Waals surface area contributed by atoms with E-state index in [2.05, 4.69) is 10.3 Å². The molecule has 12 heteroatoms. The van der Waals surface area contributed by atoms with Crippen molar-refractivity contribution < 1.29 is 27.1 Å². The first-order valence-corrected chi connectivity index (χ1v) is 14.2. The molecule has 3 rings (SSSR count). The Kier molecular flexibility index (Phi) is 9.87. The van der Waals surface area contributed by atoms with Gasteiger partial charge in [0.1, 0.15) is 23.1 Å². The van der Waals surface area contributed by atoms with Gasteiger partial charge in [0, 0.05) is 31.8 Å². The molecule has 2 amide bonds. The summed E-state index contributed by atoms with van der Waals surface area (Å²) in [6.45, 7) is 6.86. The van der Waals surface area contributed by atoms with Crippen LogP contribution in [0.3, 0.4) is 0 Å². The fourth-order valence-corrected chi connectivity index (χ4v) is 5.36. The Bertz CT molecular complexity index is 1370. The molecule has 0 bridgehead atoms.